The van der Waals surface area contributed by atoms with Crippen molar-refractivity contribution in [2.24, 2.45) is 0 Å². The van der Waals surface area contributed by atoms with Gasteiger partial charge >= 0.3 is 5.97 Å². The normalized spacial score (nSPS) is 10.8. The van der Waals surface area contributed by atoms with Gasteiger partial charge in [-0.2, -0.15) is 0 Å². The monoisotopic (exact) mass is 220 g/mol. The second kappa shape index (κ2) is 6.67. The number of allylic oxidation sites excluding steroid dienone is 2. The number of carboxylic acids is 1. The maximum absolute atomic E-state index is 10.2. The van der Waals surface area contributed by atoms with Gasteiger partial charge in [-0.3, -0.25) is 4.79 Å². The van der Waals surface area contributed by atoms with Crippen molar-refractivity contribution >= 4 is 5.97 Å². The van der Waals surface area contributed by atoms with Crippen LogP contribution in [0.2, 0.25) is 0 Å². The molecule has 0 saturated carbocycles. The van der Waals surface area contributed by atoms with E-state index >= 15 is 0 Å². The van der Waals surface area contributed by atoms with Crippen LogP contribution in [-0.2, 0) is 11.2 Å². The summed E-state index contributed by atoms with van der Waals surface area (Å²) < 4.78 is 0. The van der Waals surface area contributed by atoms with Crippen LogP contribution >= 0.6 is 0 Å². The van der Waals surface area contributed by atoms with Gasteiger partial charge in [-0.05, 0) is 37.0 Å². The molecule has 0 unspecified atom stereocenters. The Morgan fingerprint density at radius 2 is 2.00 bits per heavy atom. The maximum Gasteiger partial charge on any atom is 0.303 e. The number of hydrogen-bond donors (Lipinski definition) is 2. The smallest absolute Gasteiger partial charge is 0.303 e. The predicted octanol–water partition coefficient (Wildman–Crippen LogP) is 2.75. The molecule has 1 aromatic rings. The highest BCUT2D eigenvalue weighted by atomic mass is 16.4. The number of phenolic OH excluding ortho intramolecular Hbond substituents is 1. The van der Waals surface area contributed by atoms with E-state index in [-0.39, 0.29) is 12.2 Å². The fourth-order valence-electron chi connectivity index (χ4n) is 1.40. The molecule has 1 rings (SSSR count). The molecule has 0 atom stereocenters. The van der Waals surface area contributed by atoms with Crippen molar-refractivity contribution < 1.29 is 15.0 Å². The minimum atomic E-state index is -0.766. The van der Waals surface area contributed by atoms with Gasteiger partial charge in [0, 0.05) is 6.42 Å². The van der Waals surface area contributed by atoms with Crippen molar-refractivity contribution in [3.63, 3.8) is 0 Å². The van der Waals surface area contributed by atoms with E-state index in [0.717, 1.165) is 18.4 Å². The molecule has 0 aliphatic rings. The lowest BCUT2D eigenvalue weighted by Gasteiger charge is -1.98. The highest BCUT2D eigenvalue weighted by Crippen LogP contribution is 2.12. The van der Waals surface area contributed by atoms with Gasteiger partial charge in [-0.25, -0.2) is 0 Å². The van der Waals surface area contributed by atoms with E-state index in [9.17, 15) is 9.90 Å². The van der Waals surface area contributed by atoms with Gasteiger partial charge in [0.25, 0.3) is 0 Å². The van der Waals surface area contributed by atoms with Gasteiger partial charge in [0.15, 0.2) is 0 Å². The van der Waals surface area contributed by atoms with Crippen molar-refractivity contribution in [3.8, 4) is 5.75 Å². The van der Waals surface area contributed by atoms with Gasteiger partial charge < -0.3 is 10.2 Å². The average molecular weight is 220 g/mol. The van der Waals surface area contributed by atoms with Crippen LogP contribution in [0.15, 0.2) is 36.4 Å². The minimum absolute atomic E-state index is 0.183. The number of aryl methyl sites for hydroxylation is 1. The minimum Gasteiger partial charge on any atom is -0.508 e. The largest absolute Gasteiger partial charge is 0.508 e. The van der Waals surface area contributed by atoms with E-state index in [0.29, 0.717) is 6.42 Å². The van der Waals surface area contributed by atoms with E-state index in [2.05, 4.69) is 0 Å². The molecule has 0 fully saturated rings. The van der Waals surface area contributed by atoms with Crippen LogP contribution in [0.5, 0.6) is 5.75 Å². The summed E-state index contributed by atoms with van der Waals surface area (Å²) >= 11 is 0. The number of rotatable bonds is 6. The fraction of sp³-hybridized carbons (Fsp3) is 0.308. The molecule has 0 aliphatic carbocycles. The number of phenols is 1. The third kappa shape index (κ3) is 5.20. The number of hydrogen-bond acceptors (Lipinski definition) is 2. The lowest BCUT2D eigenvalue weighted by Crippen LogP contribution is -1.91. The lowest BCUT2D eigenvalue weighted by atomic mass is 10.1. The first kappa shape index (κ1) is 12.3. The number of benzene rings is 1. The van der Waals surface area contributed by atoms with Gasteiger partial charge in [0.1, 0.15) is 5.75 Å². The summed E-state index contributed by atoms with van der Waals surface area (Å²) in [6.07, 6.45) is 6.35. The standard InChI is InChI=1S/C13H16O3/c14-12-8-5-7-11(10-12)6-3-1-2-4-9-13(15)16/h1-2,5,7-8,10,14H,3-4,6,9H2,(H,15,16). The molecule has 3 nitrogen and oxygen atoms in total. The van der Waals surface area contributed by atoms with Gasteiger partial charge in [-0.1, -0.05) is 24.3 Å². The molecule has 0 aromatic heterocycles. The van der Waals surface area contributed by atoms with E-state index in [1.807, 2.05) is 24.3 Å². The molecule has 86 valence electrons. The van der Waals surface area contributed by atoms with Crippen molar-refractivity contribution in [1.29, 1.82) is 0 Å². The van der Waals surface area contributed by atoms with Gasteiger partial charge in [-0.15, -0.1) is 0 Å². The molecule has 0 aliphatic heterocycles. The summed E-state index contributed by atoms with van der Waals surface area (Å²) in [5.74, 6) is -0.481. The van der Waals surface area contributed by atoms with Crippen LogP contribution < -0.4 is 0 Å². The Balaban J connectivity index is 2.22. The molecule has 0 amide bonds. The van der Waals surface area contributed by atoms with Crippen molar-refractivity contribution in [2.75, 3.05) is 0 Å². The first-order valence-electron chi connectivity index (χ1n) is 5.33. The van der Waals surface area contributed by atoms with Crippen molar-refractivity contribution in [1.82, 2.24) is 0 Å². The lowest BCUT2D eigenvalue weighted by molar-refractivity contribution is -0.136. The summed E-state index contributed by atoms with van der Waals surface area (Å²) in [6, 6.07) is 7.17. The Bertz CT molecular complexity index is 369. The summed E-state index contributed by atoms with van der Waals surface area (Å²) in [5, 5.41) is 17.6. The number of carboxylic acid groups (broad SMARTS) is 1. The molecular formula is C13H16O3. The van der Waals surface area contributed by atoms with Crippen LogP contribution in [0.4, 0.5) is 0 Å². The second-order valence-electron chi connectivity index (χ2n) is 3.61. The zero-order valence-electron chi connectivity index (χ0n) is 9.10. The van der Waals surface area contributed by atoms with E-state index < -0.39 is 5.97 Å². The molecule has 0 radical (unpaired) electrons. The Kier molecular flexibility index (Phi) is 5.12. The van der Waals surface area contributed by atoms with Crippen LogP contribution in [0, 0.1) is 0 Å². The van der Waals surface area contributed by atoms with E-state index in [4.69, 9.17) is 5.11 Å². The number of aromatic hydroxyl groups is 1. The molecule has 0 spiro atoms. The summed E-state index contributed by atoms with van der Waals surface area (Å²) in [6.45, 7) is 0. The quantitative estimate of drug-likeness (QED) is 0.725. The zero-order chi connectivity index (χ0) is 11.8. The van der Waals surface area contributed by atoms with Crippen LogP contribution in [0.25, 0.3) is 0 Å². The third-order valence-corrected chi connectivity index (χ3v) is 2.20. The topological polar surface area (TPSA) is 57.5 Å². The van der Waals surface area contributed by atoms with Crippen molar-refractivity contribution in [3.05, 3.63) is 42.0 Å². The van der Waals surface area contributed by atoms with E-state index in [1.165, 1.54) is 0 Å². The molecule has 0 heterocycles. The maximum atomic E-state index is 10.2. The van der Waals surface area contributed by atoms with Gasteiger partial charge in [0.2, 0.25) is 0 Å². The van der Waals surface area contributed by atoms with Gasteiger partial charge in [0.05, 0.1) is 0 Å². The van der Waals surface area contributed by atoms with Crippen molar-refractivity contribution in [2.45, 2.75) is 25.7 Å². The Hall–Kier alpha value is -1.77. The molecule has 16 heavy (non-hydrogen) atoms. The van der Waals surface area contributed by atoms with Crippen LogP contribution in [-0.4, -0.2) is 16.2 Å². The zero-order valence-corrected chi connectivity index (χ0v) is 9.10. The Labute approximate surface area is 95.0 Å². The first-order valence-corrected chi connectivity index (χ1v) is 5.33. The van der Waals surface area contributed by atoms with Crippen LogP contribution in [0.3, 0.4) is 0 Å². The molecule has 0 bridgehead atoms. The number of aliphatic carboxylic acids is 1. The molecular weight excluding hydrogens is 204 g/mol. The summed E-state index contributed by atoms with van der Waals surface area (Å²) in [4.78, 5) is 10.2. The molecule has 3 heteroatoms. The fourth-order valence-corrected chi connectivity index (χ4v) is 1.40. The summed E-state index contributed by atoms with van der Waals surface area (Å²) in [5.41, 5.74) is 1.09. The van der Waals surface area contributed by atoms with E-state index in [1.54, 1.807) is 12.1 Å². The molecule has 2 N–H and O–H groups in total. The average Bonchev–Trinajstić information content (AvgIpc) is 2.23. The Morgan fingerprint density at radius 3 is 2.69 bits per heavy atom. The summed E-state index contributed by atoms with van der Waals surface area (Å²) in [7, 11) is 0. The van der Waals surface area contributed by atoms with Crippen LogP contribution in [0.1, 0.15) is 24.8 Å². The highest BCUT2D eigenvalue weighted by molar-refractivity contribution is 5.66. The SMILES string of the molecule is O=C(O)CCC=CCCc1cccc(O)c1. The third-order valence-electron chi connectivity index (χ3n) is 2.20. The molecule has 1 aromatic carbocycles. The first-order chi connectivity index (χ1) is 7.68. The molecule has 0 saturated heterocycles. The highest BCUT2D eigenvalue weighted by Gasteiger charge is 1.94. The Morgan fingerprint density at radius 1 is 1.25 bits per heavy atom. The second-order valence-corrected chi connectivity index (χ2v) is 3.61. The number of carbonyl (C=O) groups is 1. The predicted molar refractivity (Wildman–Crippen MR) is 62.4 cm³/mol.